The third-order valence-electron chi connectivity index (χ3n) is 5.09. The fraction of sp³-hybridized carbons (Fsp3) is 0.185. The molecule has 0 bridgehead atoms. The summed E-state index contributed by atoms with van der Waals surface area (Å²) in [6.07, 6.45) is 1.89. The zero-order chi connectivity index (χ0) is 24.6. The van der Waals surface area contributed by atoms with Crippen molar-refractivity contribution in [2.75, 3.05) is 19.8 Å². The molecule has 0 aliphatic carbocycles. The van der Waals surface area contributed by atoms with E-state index < -0.39 is 0 Å². The lowest BCUT2D eigenvalue weighted by Crippen LogP contribution is -2.32. The highest BCUT2D eigenvalue weighted by atomic mass is 127. The van der Waals surface area contributed by atoms with Crippen LogP contribution in [0.5, 0.6) is 5.75 Å². The van der Waals surface area contributed by atoms with Gasteiger partial charge in [0.25, 0.3) is 5.91 Å². The van der Waals surface area contributed by atoms with E-state index in [-0.39, 0.29) is 5.91 Å². The number of rotatable bonds is 9. The highest BCUT2D eigenvalue weighted by Gasteiger charge is 2.33. The number of ether oxygens (including phenoxy) is 2. The molecule has 1 heterocycles. The minimum absolute atomic E-state index is 0.0699. The van der Waals surface area contributed by atoms with Crippen LogP contribution in [0.2, 0.25) is 0 Å². The van der Waals surface area contributed by atoms with Gasteiger partial charge in [-0.25, -0.2) is 4.99 Å². The zero-order valence-electron chi connectivity index (χ0n) is 19.1. The molecule has 1 aliphatic rings. The minimum atomic E-state index is -0.0699. The number of nitrogens with zero attached hydrogens (tertiary/aromatic N) is 2. The van der Waals surface area contributed by atoms with Crippen LogP contribution in [0.15, 0.2) is 87.2 Å². The van der Waals surface area contributed by atoms with Crippen LogP contribution in [-0.4, -0.2) is 35.7 Å². The number of aliphatic imine (C=N–C) groups is 1. The van der Waals surface area contributed by atoms with Crippen molar-refractivity contribution in [2.24, 2.45) is 4.99 Å². The fourth-order valence-electron chi connectivity index (χ4n) is 3.32. The Morgan fingerprint density at radius 1 is 1.09 bits per heavy atom. The summed E-state index contributed by atoms with van der Waals surface area (Å²) in [5.74, 6) is 0.681. The zero-order valence-corrected chi connectivity index (χ0v) is 23.7. The Morgan fingerprint density at radius 2 is 1.86 bits per heavy atom. The topological polar surface area (TPSA) is 51.1 Å². The van der Waals surface area contributed by atoms with E-state index in [9.17, 15) is 4.79 Å². The average Bonchev–Trinajstić information content (AvgIpc) is 3.14. The molecule has 0 unspecified atom stereocenters. The van der Waals surface area contributed by atoms with Crippen molar-refractivity contribution in [2.45, 2.75) is 13.5 Å². The Kier molecular flexibility index (Phi) is 9.42. The second-order valence-electron chi connectivity index (χ2n) is 7.60. The molecule has 0 saturated carbocycles. The van der Waals surface area contributed by atoms with Crippen LogP contribution < -0.4 is 4.74 Å². The first kappa shape index (κ1) is 25.9. The van der Waals surface area contributed by atoms with Gasteiger partial charge in [0.1, 0.15) is 12.4 Å². The number of carbonyl (C=O) groups excluding carboxylic acids is 1. The maximum atomic E-state index is 13.2. The number of hydrogen-bond donors (Lipinski definition) is 0. The Labute approximate surface area is 231 Å². The molecule has 0 atom stereocenters. The predicted octanol–water partition coefficient (Wildman–Crippen LogP) is 7.27. The van der Waals surface area contributed by atoms with Gasteiger partial charge in [0.05, 0.1) is 28.2 Å². The van der Waals surface area contributed by atoms with Gasteiger partial charge < -0.3 is 9.47 Å². The molecular formula is C27H24BrIN2O3S. The van der Waals surface area contributed by atoms with Gasteiger partial charge in [0, 0.05) is 10.2 Å². The summed E-state index contributed by atoms with van der Waals surface area (Å²) in [5, 5.41) is 0.656. The van der Waals surface area contributed by atoms with Crippen LogP contribution in [0.4, 0.5) is 5.69 Å². The van der Waals surface area contributed by atoms with Crippen LogP contribution in [0.3, 0.4) is 0 Å². The molecule has 3 aromatic carbocycles. The molecule has 3 aromatic rings. The predicted molar refractivity (Wildman–Crippen MR) is 155 cm³/mol. The van der Waals surface area contributed by atoms with E-state index in [1.807, 2.05) is 61.5 Å². The molecule has 4 rings (SSSR count). The molecule has 1 aliphatic heterocycles. The smallest absolute Gasteiger partial charge is 0.266 e. The number of carbonyl (C=O) groups is 1. The highest BCUT2D eigenvalue weighted by molar-refractivity contribution is 14.1. The van der Waals surface area contributed by atoms with E-state index in [0.717, 1.165) is 27.0 Å². The second kappa shape index (κ2) is 12.7. The molecule has 0 radical (unpaired) electrons. The van der Waals surface area contributed by atoms with Gasteiger partial charge >= 0.3 is 0 Å². The maximum absolute atomic E-state index is 13.2. The quantitative estimate of drug-likeness (QED) is 0.137. The third-order valence-corrected chi connectivity index (χ3v) is 7.44. The summed E-state index contributed by atoms with van der Waals surface area (Å²) >= 11 is 7.27. The summed E-state index contributed by atoms with van der Waals surface area (Å²) < 4.78 is 13.5. The first-order valence-corrected chi connectivity index (χ1v) is 13.8. The monoisotopic (exact) mass is 662 g/mol. The van der Waals surface area contributed by atoms with E-state index >= 15 is 0 Å². The molecule has 180 valence electrons. The van der Waals surface area contributed by atoms with Crippen molar-refractivity contribution in [1.82, 2.24) is 4.90 Å². The fourth-order valence-corrected chi connectivity index (χ4v) is 5.21. The molecule has 1 fully saturated rings. The third kappa shape index (κ3) is 7.19. The largest absolute Gasteiger partial charge is 0.488 e. The number of amides is 1. The number of hydrogen-bond acceptors (Lipinski definition) is 5. The van der Waals surface area contributed by atoms with E-state index in [1.54, 1.807) is 4.90 Å². The molecule has 5 nitrogen and oxygen atoms in total. The van der Waals surface area contributed by atoms with E-state index in [1.165, 1.54) is 15.3 Å². The van der Waals surface area contributed by atoms with Gasteiger partial charge in [-0.1, -0.05) is 36.4 Å². The normalized spacial score (nSPS) is 15.9. The molecule has 0 N–H and O–H groups in total. The second-order valence-corrected chi connectivity index (χ2v) is 10.7. The number of para-hydroxylation sites is 1. The number of thioether (sulfide) groups is 1. The molecule has 1 saturated heterocycles. The minimum Gasteiger partial charge on any atom is -0.488 e. The molecule has 0 aromatic heterocycles. The number of halogens is 2. The number of benzene rings is 3. The molecule has 0 spiro atoms. The SMILES string of the molecule is CCOCCN1C(=O)/C(=C/c2ccc(OCc3ccc(I)cc3)c(Br)c2)SC1=Nc1ccccc1. The number of amidine groups is 1. The van der Waals surface area contributed by atoms with E-state index in [0.29, 0.717) is 36.4 Å². The van der Waals surface area contributed by atoms with Crippen LogP contribution in [0, 0.1) is 3.57 Å². The molecule has 35 heavy (non-hydrogen) atoms. The van der Waals surface area contributed by atoms with Gasteiger partial charge in [-0.3, -0.25) is 9.69 Å². The molecular weight excluding hydrogens is 639 g/mol. The van der Waals surface area contributed by atoms with Gasteiger partial charge in [-0.2, -0.15) is 0 Å². The maximum Gasteiger partial charge on any atom is 0.266 e. The summed E-state index contributed by atoms with van der Waals surface area (Å²) in [6.45, 7) is 3.95. The Hall–Kier alpha value is -2.14. The van der Waals surface area contributed by atoms with Crippen molar-refractivity contribution in [3.63, 3.8) is 0 Å². The van der Waals surface area contributed by atoms with Crippen LogP contribution in [0.25, 0.3) is 6.08 Å². The van der Waals surface area contributed by atoms with Crippen molar-refractivity contribution < 1.29 is 14.3 Å². The van der Waals surface area contributed by atoms with Gasteiger partial charge in [0.15, 0.2) is 5.17 Å². The van der Waals surface area contributed by atoms with Crippen molar-refractivity contribution in [1.29, 1.82) is 0 Å². The average molecular weight is 663 g/mol. The van der Waals surface area contributed by atoms with Crippen LogP contribution >= 0.6 is 50.3 Å². The standard InChI is InChI=1S/C27H24BrIN2O3S/c1-2-33-15-14-31-26(32)25(35-27(31)30-22-6-4-3-5-7-22)17-20-10-13-24(23(28)16-20)34-18-19-8-11-21(29)12-9-19/h3-13,16-17H,2,14-15,18H2,1H3/b25-17-,30-27?. The first-order chi connectivity index (χ1) is 17.0. The lowest BCUT2D eigenvalue weighted by molar-refractivity contribution is -0.122. The summed E-state index contributed by atoms with van der Waals surface area (Å²) in [5.41, 5.74) is 2.82. The van der Waals surface area contributed by atoms with Crippen molar-refractivity contribution in [3.8, 4) is 5.75 Å². The Balaban J connectivity index is 1.51. The van der Waals surface area contributed by atoms with Crippen molar-refractivity contribution >= 4 is 73.1 Å². The molecule has 1 amide bonds. The lowest BCUT2D eigenvalue weighted by Gasteiger charge is -2.15. The summed E-state index contributed by atoms with van der Waals surface area (Å²) in [7, 11) is 0. The van der Waals surface area contributed by atoms with Crippen LogP contribution in [-0.2, 0) is 16.1 Å². The van der Waals surface area contributed by atoms with Gasteiger partial charge in [0.2, 0.25) is 0 Å². The van der Waals surface area contributed by atoms with Crippen LogP contribution in [0.1, 0.15) is 18.1 Å². The van der Waals surface area contributed by atoms with E-state index in [4.69, 9.17) is 14.5 Å². The van der Waals surface area contributed by atoms with Crippen molar-refractivity contribution in [3.05, 3.63) is 96.9 Å². The summed E-state index contributed by atoms with van der Waals surface area (Å²) in [6, 6.07) is 23.7. The Bertz CT molecular complexity index is 1230. The lowest BCUT2D eigenvalue weighted by atomic mass is 10.2. The Morgan fingerprint density at radius 3 is 2.57 bits per heavy atom. The van der Waals surface area contributed by atoms with Gasteiger partial charge in [-0.15, -0.1) is 0 Å². The first-order valence-electron chi connectivity index (χ1n) is 11.1. The highest BCUT2D eigenvalue weighted by Crippen LogP contribution is 2.35. The summed E-state index contributed by atoms with van der Waals surface area (Å²) in [4.78, 5) is 20.2. The van der Waals surface area contributed by atoms with Gasteiger partial charge in [-0.05, 0) is 111 Å². The van der Waals surface area contributed by atoms with E-state index in [2.05, 4.69) is 62.8 Å². The molecule has 8 heteroatoms.